The summed E-state index contributed by atoms with van der Waals surface area (Å²) >= 11 is 0. The van der Waals surface area contributed by atoms with Gasteiger partial charge >= 0.3 is 21.1 Å². The minimum absolute atomic E-state index is 0. The van der Waals surface area contributed by atoms with Crippen LogP contribution in [0.15, 0.2) is 218 Å². The van der Waals surface area contributed by atoms with E-state index in [1.165, 1.54) is 0 Å². The van der Waals surface area contributed by atoms with Crippen molar-refractivity contribution in [1.29, 1.82) is 5.26 Å². The Morgan fingerprint density at radius 2 is 0.691 bits per heavy atom. The zero-order valence-corrected chi connectivity index (χ0v) is 38.6. The zero-order chi connectivity index (χ0) is 44.4. The Hall–Kier alpha value is -8.62. The smallest absolute Gasteiger partial charge is 0.655 e. The van der Waals surface area contributed by atoms with Crippen molar-refractivity contribution in [1.82, 2.24) is 19.9 Å². The molecule has 0 fully saturated rings. The molecule has 11 aromatic rings. The number of nitrogens with zero attached hydrogens (tertiary/aromatic N) is 6. The normalized spacial score (nSPS) is 11.4. The molecule has 0 unspecified atom stereocenters. The molecule has 0 saturated heterocycles. The van der Waals surface area contributed by atoms with Gasteiger partial charge in [0.05, 0.1) is 34.0 Å². The van der Waals surface area contributed by atoms with Gasteiger partial charge < -0.3 is 14.9 Å². The third-order valence-electron chi connectivity index (χ3n) is 13.0. The molecule has 0 spiro atoms. The van der Waals surface area contributed by atoms with Gasteiger partial charge in [0, 0.05) is 33.6 Å². The summed E-state index contributed by atoms with van der Waals surface area (Å²) in [6.45, 7) is 0. The fourth-order valence-electron chi connectivity index (χ4n) is 10.1. The monoisotopic (exact) mass is 1050 g/mol. The molecule has 0 amide bonds. The summed E-state index contributed by atoms with van der Waals surface area (Å²) in [6.07, 6.45) is 0. The molecule has 0 aliphatic carbocycles. The summed E-state index contributed by atoms with van der Waals surface area (Å²) in [4.78, 5) is 25.3. The summed E-state index contributed by atoms with van der Waals surface area (Å²) < 4.78 is 0. The molecule has 3 aromatic heterocycles. The van der Waals surface area contributed by atoms with E-state index >= 15 is 0 Å². The number of aromatic nitrogens is 4. The maximum absolute atomic E-state index is 11.4. The van der Waals surface area contributed by atoms with Crippen LogP contribution in [-0.4, -0.2) is 9.97 Å². The van der Waals surface area contributed by atoms with Crippen molar-refractivity contribution in [3.63, 3.8) is 0 Å². The second-order valence-electron chi connectivity index (χ2n) is 16.7. The molecule has 13 rings (SSSR count). The first-order chi connectivity index (χ1) is 33.2. The number of hydrogen-bond donors (Lipinski definition) is 0. The van der Waals surface area contributed by atoms with Crippen LogP contribution in [0.5, 0.6) is 0 Å². The van der Waals surface area contributed by atoms with Gasteiger partial charge in [-0.05, 0) is 68.1 Å². The Morgan fingerprint density at radius 1 is 0.353 bits per heavy atom. The Balaban J connectivity index is 0.00000480. The Labute approximate surface area is 406 Å². The summed E-state index contributed by atoms with van der Waals surface area (Å²) in [7, 11) is 0. The van der Waals surface area contributed by atoms with Gasteiger partial charge in [-0.15, -0.1) is 22.1 Å². The third kappa shape index (κ3) is 6.36. The van der Waals surface area contributed by atoms with Crippen molar-refractivity contribution in [2.24, 2.45) is 0 Å². The SMILES string of the molecule is N#Cc1c2nc(c(-c3ccccc3)c3[n-]c(c(N(c4ccccc4)c4ccccc4)c4nc(c(-c5ccccc5)c5[n-]c1c1ccccc51)-c1ccccc1-4)c1ccccc31)-c1ccccc1-2.[Pt+2]. The maximum atomic E-state index is 11.4. The number of hydrogen-bond acceptors (Lipinski definition) is 4. The van der Waals surface area contributed by atoms with Crippen LogP contribution in [0.2, 0.25) is 0 Å². The predicted molar refractivity (Wildman–Crippen MR) is 273 cm³/mol. The van der Waals surface area contributed by atoms with Crippen molar-refractivity contribution >= 4 is 60.7 Å². The first-order valence-electron chi connectivity index (χ1n) is 22.4. The largest absolute Gasteiger partial charge is 2.00 e. The Bertz CT molecular complexity index is 3910. The number of rotatable bonds is 5. The minimum Gasteiger partial charge on any atom is -0.655 e. The topological polar surface area (TPSA) is 81.0 Å². The average molecular weight is 1050 g/mol. The molecule has 8 bridgehead atoms. The average Bonchev–Trinajstić information content (AvgIpc) is 4.17. The van der Waals surface area contributed by atoms with Gasteiger partial charge in [0.15, 0.2) is 0 Å². The second kappa shape index (κ2) is 16.7. The fourth-order valence-corrected chi connectivity index (χ4v) is 10.1. The maximum Gasteiger partial charge on any atom is 2.00 e. The van der Waals surface area contributed by atoms with Gasteiger partial charge in [-0.2, -0.15) is 5.26 Å². The van der Waals surface area contributed by atoms with Crippen molar-refractivity contribution in [2.45, 2.75) is 0 Å². The van der Waals surface area contributed by atoms with E-state index in [0.717, 1.165) is 117 Å². The third-order valence-corrected chi connectivity index (χ3v) is 13.0. The molecule has 0 atom stereocenters. The van der Waals surface area contributed by atoms with Crippen molar-refractivity contribution in [3.8, 4) is 73.4 Å². The molecule has 68 heavy (non-hydrogen) atoms. The van der Waals surface area contributed by atoms with E-state index in [4.69, 9.17) is 19.9 Å². The quantitative estimate of drug-likeness (QED) is 0.171. The molecular weight excluding hydrogens is 1010 g/mol. The number of fused-ring (bicyclic) bond motifs is 20. The molecule has 0 saturated carbocycles. The summed E-state index contributed by atoms with van der Waals surface area (Å²) in [5, 5.41) is 15.2. The van der Waals surface area contributed by atoms with Crippen molar-refractivity contribution in [2.75, 3.05) is 4.90 Å². The summed E-state index contributed by atoms with van der Waals surface area (Å²) in [6, 6.07) is 77.8. The van der Waals surface area contributed by atoms with E-state index in [2.05, 4.69) is 181 Å². The van der Waals surface area contributed by atoms with Crippen LogP contribution >= 0.6 is 0 Å². The molecule has 2 aliphatic rings. The van der Waals surface area contributed by atoms with Crippen LogP contribution in [0.3, 0.4) is 0 Å². The van der Waals surface area contributed by atoms with E-state index in [0.29, 0.717) is 16.8 Å². The van der Waals surface area contributed by atoms with E-state index in [1.807, 2.05) is 48.5 Å². The zero-order valence-electron chi connectivity index (χ0n) is 36.3. The molecule has 0 N–H and O–H groups in total. The van der Waals surface area contributed by atoms with Gasteiger partial charge in [0.2, 0.25) is 0 Å². The van der Waals surface area contributed by atoms with Gasteiger partial charge in [0.25, 0.3) is 0 Å². The van der Waals surface area contributed by atoms with Gasteiger partial charge in [-0.1, -0.05) is 194 Å². The molecule has 2 aliphatic heterocycles. The van der Waals surface area contributed by atoms with Crippen LogP contribution in [0.1, 0.15) is 5.56 Å². The molecule has 0 radical (unpaired) electrons. The fraction of sp³-hybridized carbons (Fsp3) is 0. The minimum atomic E-state index is 0. The summed E-state index contributed by atoms with van der Waals surface area (Å²) in [5.74, 6) is 0. The predicted octanol–water partition coefficient (Wildman–Crippen LogP) is 15.2. The molecule has 8 aromatic carbocycles. The second-order valence-corrected chi connectivity index (χ2v) is 16.7. The van der Waals surface area contributed by atoms with Gasteiger partial charge in [-0.3, -0.25) is 0 Å². The molecule has 5 heterocycles. The number of nitriles is 1. The van der Waals surface area contributed by atoms with Crippen LogP contribution in [0.25, 0.3) is 111 Å². The number of benzene rings is 8. The Morgan fingerprint density at radius 3 is 1.15 bits per heavy atom. The van der Waals surface area contributed by atoms with Crippen molar-refractivity contribution in [3.05, 3.63) is 224 Å². The standard InChI is InChI=1S/C61H36N6.Pt/c62-37-50-53-42-29-13-15-31-44(42)55(63-53)51(38-21-5-1-6-22-38)57-46-33-17-19-35-48(46)59(65-57)61(67(40-25-9-3-10-26-40)41-27-11-4-12-28-41)60-49-36-20-18-34-47(49)58(66-60)52(39-23-7-2-8-24-39)56-45-32-16-14-30-43(45)54(50)64-56;/h1-36H;/q-2;+2. The van der Waals surface area contributed by atoms with Crippen molar-refractivity contribution < 1.29 is 21.1 Å². The molecule has 6 nitrogen and oxygen atoms in total. The Kier molecular flexibility index (Phi) is 10.0. The summed E-state index contributed by atoms with van der Waals surface area (Å²) in [5.41, 5.74) is 16.2. The molecule has 7 heteroatoms. The molecular formula is C61H36N6Pt. The number of anilines is 3. The first-order valence-corrected chi connectivity index (χ1v) is 22.4. The van der Waals surface area contributed by atoms with Crippen LogP contribution in [0.4, 0.5) is 17.1 Å². The van der Waals surface area contributed by atoms with Gasteiger partial charge in [-0.25, -0.2) is 9.97 Å². The van der Waals surface area contributed by atoms with E-state index in [9.17, 15) is 5.26 Å². The first kappa shape index (κ1) is 40.9. The van der Waals surface area contributed by atoms with E-state index in [-0.39, 0.29) is 21.1 Å². The molecule has 320 valence electrons. The van der Waals surface area contributed by atoms with Crippen LogP contribution < -0.4 is 14.9 Å². The van der Waals surface area contributed by atoms with E-state index in [1.54, 1.807) is 0 Å². The van der Waals surface area contributed by atoms with E-state index < -0.39 is 0 Å². The van der Waals surface area contributed by atoms with Gasteiger partial charge in [0.1, 0.15) is 6.07 Å². The van der Waals surface area contributed by atoms with Crippen LogP contribution in [-0.2, 0) is 21.1 Å². The number of para-hydroxylation sites is 2. The van der Waals surface area contributed by atoms with Crippen LogP contribution in [0, 0.1) is 11.3 Å².